The zero-order valence-corrected chi connectivity index (χ0v) is 9.65. The minimum Gasteiger partial charge on any atom is -0.323 e. The van der Waals surface area contributed by atoms with Gasteiger partial charge in [-0.25, -0.2) is 0 Å². The van der Waals surface area contributed by atoms with Crippen LogP contribution in [0.4, 0.5) is 14.5 Å². The van der Waals surface area contributed by atoms with Gasteiger partial charge in [0.05, 0.1) is 16.3 Å². The molecule has 0 atom stereocenters. The first-order valence-corrected chi connectivity index (χ1v) is 4.77. The molecule has 6 nitrogen and oxygen atoms in total. The summed E-state index contributed by atoms with van der Waals surface area (Å²) in [5.41, 5.74) is -0.753. The predicted molar refractivity (Wildman–Crippen MR) is 62.8 cm³/mol. The van der Waals surface area contributed by atoms with Gasteiger partial charge in [-0.15, -0.1) is 0 Å². The molecule has 2 N–H and O–H groups in total. The lowest BCUT2D eigenvalue weighted by Gasteiger charge is -2.05. The topological polar surface area (TPSA) is 93.9 Å². The van der Waals surface area contributed by atoms with E-state index in [1.807, 2.05) is 0 Å². The monoisotopic (exact) mass is 256 g/mol. The Bertz CT molecular complexity index is 532. The fraction of sp³-hybridized carbons (Fsp3) is 0.200. The van der Waals surface area contributed by atoms with Crippen LogP contribution in [0.3, 0.4) is 0 Å². The zero-order chi connectivity index (χ0) is 13.9. The number of nitrogens with two attached hydrogens (primary N) is 1. The second-order valence-electron chi connectivity index (χ2n) is 3.33. The molecular weight excluding hydrogens is 246 g/mol. The van der Waals surface area contributed by atoms with E-state index in [0.29, 0.717) is 0 Å². The smallest absolute Gasteiger partial charge is 0.323 e. The van der Waals surface area contributed by atoms with E-state index in [4.69, 9.17) is 5.84 Å². The summed E-state index contributed by atoms with van der Waals surface area (Å²) in [4.78, 5) is 13.1. The number of nitro benzene ring substituents is 1. The number of aliphatic imine (C=N–C) groups is 1. The molecule has 0 radical (unpaired) electrons. The number of hydrogen-bond acceptors (Lipinski definition) is 5. The molecule has 0 bridgehead atoms. The zero-order valence-electron chi connectivity index (χ0n) is 9.65. The molecule has 1 aromatic rings. The Morgan fingerprint density at radius 3 is 2.22 bits per heavy atom. The largest absolute Gasteiger partial charge is 0.340 e. The van der Waals surface area contributed by atoms with Crippen molar-refractivity contribution in [3.63, 3.8) is 0 Å². The number of hydrazone groups is 1. The molecule has 0 amide bonds. The molecule has 0 fully saturated rings. The molecule has 0 aliphatic carbocycles. The van der Waals surface area contributed by atoms with Crippen LogP contribution in [0.5, 0.6) is 0 Å². The molecule has 0 heterocycles. The Hall–Kier alpha value is -2.38. The summed E-state index contributed by atoms with van der Waals surface area (Å²) >= 11 is 0. The number of halogens is 2. The Morgan fingerprint density at radius 1 is 1.39 bits per heavy atom. The van der Waals surface area contributed by atoms with E-state index < -0.39 is 22.2 Å². The van der Waals surface area contributed by atoms with Crippen molar-refractivity contribution in [3.8, 4) is 0 Å². The molecule has 1 rings (SSSR count). The second kappa shape index (κ2) is 5.30. The normalized spacial score (nSPS) is 12.7. The molecule has 0 aromatic heterocycles. The Kier molecular flexibility index (Phi) is 4.03. The van der Waals surface area contributed by atoms with Crippen molar-refractivity contribution in [3.05, 3.63) is 39.4 Å². The maximum Gasteiger partial charge on any atom is 0.340 e. The SMILES string of the molecule is CN=C(C(C)=NN)c1cc(F)c([N+](=O)[O-])c(F)c1. The summed E-state index contributed by atoms with van der Waals surface area (Å²) in [7, 11) is 1.39. The number of hydrogen-bond donors (Lipinski definition) is 1. The van der Waals surface area contributed by atoms with E-state index >= 15 is 0 Å². The van der Waals surface area contributed by atoms with Crippen LogP contribution in [0, 0.1) is 21.7 Å². The highest BCUT2D eigenvalue weighted by atomic mass is 19.1. The van der Waals surface area contributed by atoms with E-state index in [1.165, 1.54) is 14.0 Å². The van der Waals surface area contributed by atoms with Gasteiger partial charge < -0.3 is 5.84 Å². The van der Waals surface area contributed by atoms with Crippen LogP contribution in [0.25, 0.3) is 0 Å². The third kappa shape index (κ3) is 2.47. The summed E-state index contributed by atoms with van der Waals surface area (Å²) in [6.07, 6.45) is 0. The molecule has 1 aromatic carbocycles. The van der Waals surface area contributed by atoms with Crippen LogP contribution in [-0.4, -0.2) is 23.4 Å². The number of rotatable bonds is 3. The van der Waals surface area contributed by atoms with Crippen LogP contribution >= 0.6 is 0 Å². The van der Waals surface area contributed by atoms with Crippen molar-refractivity contribution in [2.24, 2.45) is 15.9 Å². The molecule has 96 valence electrons. The van der Waals surface area contributed by atoms with Gasteiger partial charge in [-0.2, -0.15) is 13.9 Å². The van der Waals surface area contributed by atoms with Gasteiger partial charge in [0.25, 0.3) is 0 Å². The molecular formula is C10H10F2N4O2. The first-order chi connectivity index (χ1) is 8.42. The highest BCUT2D eigenvalue weighted by Gasteiger charge is 2.23. The first-order valence-electron chi connectivity index (χ1n) is 4.77. The summed E-state index contributed by atoms with van der Waals surface area (Å²) in [5.74, 6) is 2.50. The Labute approximate surface area is 101 Å². The Balaban J connectivity index is 3.43. The van der Waals surface area contributed by atoms with Gasteiger partial charge in [-0.1, -0.05) is 0 Å². The summed E-state index contributed by atoms with van der Waals surface area (Å²) in [6, 6.07) is 1.64. The lowest BCUT2D eigenvalue weighted by atomic mass is 10.1. The number of benzene rings is 1. The third-order valence-corrected chi connectivity index (χ3v) is 2.23. The van der Waals surface area contributed by atoms with Crippen molar-refractivity contribution in [2.45, 2.75) is 6.92 Å². The molecule has 0 aliphatic heterocycles. The third-order valence-electron chi connectivity index (χ3n) is 2.23. The van der Waals surface area contributed by atoms with Crippen molar-refractivity contribution in [1.29, 1.82) is 0 Å². The van der Waals surface area contributed by atoms with Crippen LogP contribution in [0.15, 0.2) is 22.2 Å². The van der Waals surface area contributed by atoms with Crippen molar-refractivity contribution in [1.82, 2.24) is 0 Å². The minimum absolute atomic E-state index is 0.0322. The van der Waals surface area contributed by atoms with Crippen molar-refractivity contribution >= 4 is 17.1 Å². The maximum absolute atomic E-state index is 13.4. The summed E-state index contributed by atoms with van der Waals surface area (Å²) in [5, 5.41) is 13.8. The van der Waals surface area contributed by atoms with Gasteiger partial charge in [0.2, 0.25) is 11.6 Å². The molecule has 18 heavy (non-hydrogen) atoms. The lowest BCUT2D eigenvalue weighted by Crippen LogP contribution is -2.15. The molecule has 0 aliphatic rings. The maximum atomic E-state index is 13.4. The minimum atomic E-state index is -1.28. The first kappa shape index (κ1) is 13.7. The number of nitrogens with zero attached hydrogens (tertiary/aromatic N) is 3. The summed E-state index contributed by atoms with van der Waals surface area (Å²) < 4.78 is 26.8. The molecule has 0 unspecified atom stereocenters. The quantitative estimate of drug-likeness (QED) is 0.385. The van der Waals surface area contributed by atoms with E-state index in [1.54, 1.807) is 0 Å². The average molecular weight is 256 g/mol. The fourth-order valence-electron chi connectivity index (χ4n) is 1.44. The van der Waals surface area contributed by atoms with Crippen LogP contribution in [0.2, 0.25) is 0 Å². The second-order valence-corrected chi connectivity index (χ2v) is 3.33. The highest BCUT2D eigenvalue weighted by molar-refractivity contribution is 6.47. The van der Waals surface area contributed by atoms with Gasteiger partial charge in [-0.05, 0) is 19.1 Å². The van der Waals surface area contributed by atoms with Gasteiger partial charge in [-0.3, -0.25) is 15.1 Å². The standard InChI is InChI=1S/C10H10F2N4O2/c1-5(15-13)9(14-2)6-3-7(11)10(16(17)18)8(12)4-6/h3-4H,13H2,1-2H3. The van der Waals surface area contributed by atoms with E-state index in [-0.39, 0.29) is 17.0 Å². The molecule has 8 heteroatoms. The van der Waals surface area contributed by atoms with Crippen LogP contribution < -0.4 is 5.84 Å². The lowest BCUT2D eigenvalue weighted by molar-refractivity contribution is -0.390. The van der Waals surface area contributed by atoms with E-state index in [0.717, 1.165) is 12.1 Å². The van der Waals surface area contributed by atoms with Gasteiger partial charge in [0.1, 0.15) is 0 Å². The van der Waals surface area contributed by atoms with Gasteiger partial charge in [0.15, 0.2) is 0 Å². The van der Waals surface area contributed by atoms with Crippen molar-refractivity contribution in [2.75, 3.05) is 7.05 Å². The molecule has 0 saturated heterocycles. The molecule has 0 spiro atoms. The fourth-order valence-corrected chi connectivity index (χ4v) is 1.44. The van der Waals surface area contributed by atoms with Crippen molar-refractivity contribution < 1.29 is 13.7 Å². The highest BCUT2D eigenvalue weighted by Crippen LogP contribution is 2.23. The van der Waals surface area contributed by atoms with E-state index in [9.17, 15) is 18.9 Å². The van der Waals surface area contributed by atoms with Gasteiger partial charge >= 0.3 is 5.69 Å². The van der Waals surface area contributed by atoms with Crippen LogP contribution in [0.1, 0.15) is 12.5 Å². The predicted octanol–water partition coefficient (Wildman–Crippen LogP) is 1.63. The number of nitro groups is 1. The average Bonchev–Trinajstić information content (AvgIpc) is 2.28. The van der Waals surface area contributed by atoms with Crippen LogP contribution in [-0.2, 0) is 0 Å². The van der Waals surface area contributed by atoms with Gasteiger partial charge in [0, 0.05) is 12.6 Å². The summed E-state index contributed by atoms with van der Waals surface area (Å²) in [6.45, 7) is 1.50. The Morgan fingerprint density at radius 2 is 1.89 bits per heavy atom. The molecule has 0 saturated carbocycles. The van der Waals surface area contributed by atoms with E-state index in [2.05, 4.69) is 10.1 Å².